The molecule has 140 valence electrons. The van der Waals surface area contributed by atoms with Crippen LogP contribution in [0.4, 0.5) is 14.9 Å². The van der Waals surface area contributed by atoms with Crippen LogP contribution in [-0.2, 0) is 4.74 Å². The molecule has 0 aliphatic carbocycles. The zero-order valence-corrected chi connectivity index (χ0v) is 15.6. The molecule has 1 aromatic rings. The first kappa shape index (κ1) is 19.5. The number of benzene rings is 1. The van der Waals surface area contributed by atoms with Crippen molar-refractivity contribution in [2.75, 3.05) is 24.5 Å². The molecule has 0 radical (unpaired) electrons. The molecule has 1 fully saturated rings. The number of anilines is 1. The largest absolute Gasteiger partial charge is 0.444 e. The molecule has 25 heavy (non-hydrogen) atoms. The second-order valence-corrected chi connectivity index (χ2v) is 7.81. The molecule has 1 amide bonds. The van der Waals surface area contributed by atoms with Crippen LogP contribution in [0.5, 0.6) is 0 Å². The summed E-state index contributed by atoms with van der Waals surface area (Å²) in [6, 6.07) is 4.61. The summed E-state index contributed by atoms with van der Waals surface area (Å²) < 4.78 is 18.8. The fourth-order valence-corrected chi connectivity index (χ4v) is 3.10. The van der Waals surface area contributed by atoms with Crippen LogP contribution < -0.4 is 16.0 Å². The molecular formula is C19H30FN3O2. The highest BCUT2D eigenvalue weighted by atomic mass is 19.1. The van der Waals surface area contributed by atoms with Gasteiger partial charge in [-0.1, -0.05) is 0 Å². The smallest absolute Gasteiger partial charge is 0.407 e. The molecule has 5 nitrogen and oxygen atoms in total. The Morgan fingerprint density at radius 1 is 1.40 bits per heavy atom. The van der Waals surface area contributed by atoms with Crippen molar-refractivity contribution in [2.45, 2.75) is 52.2 Å². The molecule has 1 unspecified atom stereocenters. The number of piperidine rings is 1. The molecule has 2 rings (SSSR count). The zero-order chi connectivity index (χ0) is 18.6. The Bertz CT molecular complexity index is 591. The van der Waals surface area contributed by atoms with Gasteiger partial charge in [-0.25, -0.2) is 9.18 Å². The van der Waals surface area contributed by atoms with Crippen LogP contribution in [0.15, 0.2) is 18.2 Å². The van der Waals surface area contributed by atoms with Gasteiger partial charge in [-0.05, 0) is 70.2 Å². The Morgan fingerprint density at radius 3 is 2.60 bits per heavy atom. The van der Waals surface area contributed by atoms with Gasteiger partial charge in [0.05, 0.1) is 0 Å². The topological polar surface area (TPSA) is 67.6 Å². The Kier molecular flexibility index (Phi) is 6.27. The van der Waals surface area contributed by atoms with Gasteiger partial charge in [-0.15, -0.1) is 0 Å². The molecule has 1 atom stereocenters. The third kappa shape index (κ3) is 5.88. The second kappa shape index (κ2) is 8.04. The lowest BCUT2D eigenvalue weighted by molar-refractivity contribution is 0.0517. The Morgan fingerprint density at radius 2 is 2.04 bits per heavy atom. The first-order chi connectivity index (χ1) is 11.7. The molecule has 0 spiro atoms. The molecule has 1 heterocycles. The molecule has 0 bridgehead atoms. The van der Waals surface area contributed by atoms with E-state index in [4.69, 9.17) is 10.5 Å². The molecule has 0 aromatic heterocycles. The van der Waals surface area contributed by atoms with Crippen molar-refractivity contribution in [3.63, 3.8) is 0 Å². The van der Waals surface area contributed by atoms with E-state index in [0.717, 1.165) is 37.2 Å². The van der Waals surface area contributed by atoms with E-state index in [1.807, 2.05) is 33.8 Å². The number of halogens is 1. The predicted octanol–water partition coefficient (Wildman–Crippen LogP) is 3.59. The quantitative estimate of drug-likeness (QED) is 0.870. The van der Waals surface area contributed by atoms with Crippen LogP contribution in [0, 0.1) is 11.7 Å². The maximum absolute atomic E-state index is 13.5. The van der Waals surface area contributed by atoms with Gasteiger partial charge in [-0.3, -0.25) is 0 Å². The van der Waals surface area contributed by atoms with E-state index in [2.05, 4.69) is 10.2 Å². The third-order valence-electron chi connectivity index (χ3n) is 4.37. The monoisotopic (exact) mass is 351 g/mol. The highest BCUT2D eigenvalue weighted by Gasteiger charge is 2.23. The SMILES string of the molecule is CC(N)c1cc(F)ccc1N1CCC(CNC(=O)OC(C)(C)C)CC1. The summed E-state index contributed by atoms with van der Waals surface area (Å²) in [5, 5.41) is 2.85. The van der Waals surface area contributed by atoms with Gasteiger partial charge in [0.1, 0.15) is 11.4 Å². The number of hydrogen-bond acceptors (Lipinski definition) is 4. The minimum Gasteiger partial charge on any atom is -0.444 e. The Balaban J connectivity index is 1.87. The minimum absolute atomic E-state index is 0.211. The molecule has 1 saturated heterocycles. The number of carbonyl (C=O) groups excluding carboxylic acids is 1. The fourth-order valence-electron chi connectivity index (χ4n) is 3.10. The fraction of sp³-hybridized carbons (Fsp3) is 0.632. The second-order valence-electron chi connectivity index (χ2n) is 7.81. The zero-order valence-electron chi connectivity index (χ0n) is 15.6. The van der Waals surface area contributed by atoms with Crippen molar-refractivity contribution >= 4 is 11.8 Å². The Labute approximate surface area is 149 Å². The number of alkyl carbamates (subject to hydrolysis) is 1. The van der Waals surface area contributed by atoms with Crippen molar-refractivity contribution in [2.24, 2.45) is 11.7 Å². The van der Waals surface area contributed by atoms with Crippen LogP contribution >= 0.6 is 0 Å². The number of nitrogens with one attached hydrogen (secondary N) is 1. The van der Waals surface area contributed by atoms with Gasteiger partial charge in [0.15, 0.2) is 0 Å². The highest BCUT2D eigenvalue weighted by Crippen LogP contribution is 2.29. The Hall–Kier alpha value is -1.82. The van der Waals surface area contributed by atoms with Gasteiger partial charge >= 0.3 is 6.09 Å². The number of rotatable bonds is 4. The van der Waals surface area contributed by atoms with Gasteiger partial charge in [0, 0.05) is 31.4 Å². The summed E-state index contributed by atoms with van der Waals surface area (Å²) in [5.74, 6) is 0.162. The summed E-state index contributed by atoms with van der Waals surface area (Å²) in [4.78, 5) is 14.0. The maximum Gasteiger partial charge on any atom is 0.407 e. The van der Waals surface area contributed by atoms with E-state index in [9.17, 15) is 9.18 Å². The number of amides is 1. The van der Waals surface area contributed by atoms with Crippen LogP contribution in [-0.4, -0.2) is 31.3 Å². The van der Waals surface area contributed by atoms with Crippen molar-refractivity contribution < 1.29 is 13.9 Å². The lowest BCUT2D eigenvalue weighted by Crippen LogP contribution is -2.40. The van der Waals surface area contributed by atoms with E-state index in [1.165, 1.54) is 12.1 Å². The number of nitrogens with zero attached hydrogens (tertiary/aromatic N) is 1. The number of ether oxygens (including phenoxy) is 1. The van der Waals surface area contributed by atoms with E-state index in [1.54, 1.807) is 0 Å². The van der Waals surface area contributed by atoms with E-state index in [-0.39, 0.29) is 18.0 Å². The van der Waals surface area contributed by atoms with Gasteiger partial charge in [0.25, 0.3) is 0 Å². The van der Waals surface area contributed by atoms with Gasteiger partial charge in [0.2, 0.25) is 0 Å². The van der Waals surface area contributed by atoms with Crippen molar-refractivity contribution in [1.82, 2.24) is 5.32 Å². The highest BCUT2D eigenvalue weighted by molar-refractivity contribution is 5.67. The van der Waals surface area contributed by atoms with Crippen molar-refractivity contribution in [1.29, 1.82) is 0 Å². The van der Waals surface area contributed by atoms with Crippen molar-refractivity contribution in [3.8, 4) is 0 Å². The molecule has 1 aliphatic heterocycles. The van der Waals surface area contributed by atoms with Crippen LogP contribution in [0.25, 0.3) is 0 Å². The average molecular weight is 351 g/mol. The van der Waals surface area contributed by atoms with E-state index in [0.29, 0.717) is 12.5 Å². The van der Waals surface area contributed by atoms with Crippen molar-refractivity contribution in [3.05, 3.63) is 29.6 Å². The lowest BCUT2D eigenvalue weighted by atomic mass is 9.95. The summed E-state index contributed by atoms with van der Waals surface area (Å²) >= 11 is 0. The van der Waals surface area contributed by atoms with Gasteiger partial charge < -0.3 is 20.7 Å². The lowest BCUT2D eigenvalue weighted by Gasteiger charge is -2.35. The molecule has 1 aliphatic rings. The van der Waals surface area contributed by atoms with Crippen LogP contribution in [0.2, 0.25) is 0 Å². The molecule has 6 heteroatoms. The van der Waals surface area contributed by atoms with Crippen LogP contribution in [0.3, 0.4) is 0 Å². The summed E-state index contributed by atoms with van der Waals surface area (Å²) in [6.07, 6.45) is 1.56. The number of carbonyl (C=O) groups is 1. The van der Waals surface area contributed by atoms with Gasteiger partial charge in [-0.2, -0.15) is 0 Å². The first-order valence-corrected chi connectivity index (χ1v) is 8.92. The molecule has 3 N–H and O–H groups in total. The number of hydrogen-bond donors (Lipinski definition) is 2. The van der Waals surface area contributed by atoms with E-state index >= 15 is 0 Å². The minimum atomic E-state index is -0.481. The maximum atomic E-state index is 13.5. The van der Waals surface area contributed by atoms with E-state index < -0.39 is 5.60 Å². The average Bonchev–Trinajstić information content (AvgIpc) is 2.52. The normalized spacial score (nSPS) is 17.3. The summed E-state index contributed by atoms with van der Waals surface area (Å²) in [6.45, 7) is 9.78. The van der Waals surface area contributed by atoms with Crippen LogP contribution in [0.1, 0.15) is 52.1 Å². The molecular weight excluding hydrogens is 321 g/mol. The standard InChI is InChI=1S/C19H30FN3O2/c1-13(21)16-11-15(20)5-6-17(16)23-9-7-14(8-10-23)12-22-18(24)25-19(2,3)4/h5-6,11,13-14H,7-10,12,21H2,1-4H3,(H,22,24). The summed E-state index contributed by atoms with van der Waals surface area (Å²) in [7, 11) is 0. The molecule has 1 aromatic carbocycles. The first-order valence-electron chi connectivity index (χ1n) is 8.92. The number of nitrogens with two attached hydrogens (primary N) is 1. The molecule has 0 saturated carbocycles. The summed E-state index contributed by atoms with van der Waals surface area (Å²) in [5.41, 5.74) is 7.36. The predicted molar refractivity (Wildman–Crippen MR) is 98.2 cm³/mol. The third-order valence-corrected chi connectivity index (χ3v) is 4.37.